The monoisotopic (exact) mass is 250 g/mol. The van der Waals surface area contributed by atoms with E-state index in [2.05, 4.69) is 48.5 Å². The van der Waals surface area contributed by atoms with Crippen molar-refractivity contribution in [2.45, 2.75) is 31.6 Å². The lowest BCUT2D eigenvalue weighted by Crippen LogP contribution is -2.13. The van der Waals surface area contributed by atoms with E-state index in [-0.39, 0.29) is 0 Å². The first-order valence-electron chi connectivity index (χ1n) is 7.00. The minimum atomic E-state index is 0.420. The summed E-state index contributed by atoms with van der Waals surface area (Å²) in [6, 6.07) is 19.1. The lowest BCUT2D eigenvalue weighted by molar-refractivity contribution is -0.120. The van der Waals surface area contributed by atoms with Gasteiger partial charge in [0.15, 0.2) is 0 Å². The van der Waals surface area contributed by atoms with Gasteiger partial charge in [0.05, 0.1) is 0 Å². The Labute approximate surface area is 114 Å². The molecule has 3 rings (SSSR count). The molecule has 19 heavy (non-hydrogen) atoms. The van der Waals surface area contributed by atoms with Gasteiger partial charge in [-0.3, -0.25) is 4.79 Å². The van der Waals surface area contributed by atoms with Crippen LogP contribution in [0.15, 0.2) is 54.6 Å². The Hall–Kier alpha value is -1.89. The molecule has 1 heteroatoms. The Balaban J connectivity index is 1.81. The Morgan fingerprint density at radius 3 is 2.21 bits per heavy atom. The smallest absolute Gasteiger partial charge is 0.133 e. The van der Waals surface area contributed by atoms with Crippen LogP contribution < -0.4 is 0 Å². The van der Waals surface area contributed by atoms with Gasteiger partial charge in [-0.25, -0.2) is 0 Å². The van der Waals surface area contributed by atoms with Crippen LogP contribution >= 0.6 is 0 Å². The van der Waals surface area contributed by atoms with Crippen LogP contribution in [0.25, 0.3) is 11.1 Å². The number of benzene rings is 2. The molecule has 1 unspecified atom stereocenters. The molecule has 0 heterocycles. The van der Waals surface area contributed by atoms with Crippen LogP contribution in [0.2, 0.25) is 0 Å². The predicted molar refractivity (Wildman–Crippen MR) is 78.1 cm³/mol. The summed E-state index contributed by atoms with van der Waals surface area (Å²) in [6.07, 6.45) is 3.70. The van der Waals surface area contributed by atoms with Crippen LogP contribution in [-0.4, -0.2) is 5.78 Å². The zero-order chi connectivity index (χ0) is 13.1. The van der Waals surface area contributed by atoms with Crippen LogP contribution in [0.5, 0.6) is 0 Å². The summed E-state index contributed by atoms with van der Waals surface area (Å²) in [7, 11) is 0. The molecule has 1 saturated carbocycles. The molecule has 96 valence electrons. The van der Waals surface area contributed by atoms with E-state index >= 15 is 0 Å². The summed E-state index contributed by atoms with van der Waals surface area (Å²) in [5.74, 6) is 0.856. The van der Waals surface area contributed by atoms with Crippen molar-refractivity contribution in [3.05, 3.63) is 60.2 Å². The van der Waals surface area contributed by atoms with E-state index in [4.69, 9.17) is 0 Å². The van der Waals surface area contributed by atoms with Gasteiger partial charge in [-0.15, -0.1) is 0 Å². The lowest BCUT2D eigenvalue weighted by Gasteiger charge is -2.21. The van der Waals surface area contributed by atoms with Crippen LogP contribution in [0, 0.1) is 0 Å². The molecule has 0 aliphatic heterocycles. The van der Waals surface area contributed by atoms with Crippen molar-refractivity contribution in [2.24, 2.45) is 0 Å². The van der Waals surface area contributed by atoms with Gasteiger partial charge in [-0.1, -0.05) is 54.6 Å². The molecule has 0 amide bonds. The first-order chi connectivity index (χ1) is 9.33. The largest absolute Gasteiger partial charge is 0.300 e. The number of rotatable bonds is 2. The highest BCUT2D eigenvalue weighted by atomic mass is 16.1. The number of Topliss-reactive ketones (excluding diaryl/α,β-unsaturated/α-hetero) is 1. The Bertz CT molecular complexity index is 554. The Morgan fingerprint density at radius 2 is 1.53 bits per heavy atom. The molecular weight excluding hydrogens is 232 g/mol. The summed E-state index contributed by atoms with van der Waals surface area (Å²) >= 11 is 0. The molecular formula is C18H18O. The summed E-state index contributed by atoms with van der Waals surface area (Å²) < 4.78 is 0. The number of carbonyl (C=O) groups excluding carboxylic acids is 1. The molecule has 2 aromatic carbocycles. The highest BCUT2D eigenvalue weighted by molar-refractivity contribution is 5.80. The van der Waals surface area contributed by atoms with Crippen molar-refractivity contribution in [3.63, 3.8) is 0 Å². The highest BCUT2D eigenvalue weighted by Crippen LogP contribution is 2.32. The molecule has 1 fully saturated rings. The maximum atomic E-state index is 11.5. The third-order valence-electron chi connectivity index (χ3n) is 3.97. The SMILES string of the molecule is O=C1CCCC(c2ccc(-c3ccccc3)cc2)C1. The Morgan fingerprint density at radius 1 is 0.842 bits per heavy atom. The lowest BCUT2D eigenvalue weighted by atomic mass is 9.83. The predicted octanol–water partition coefficient (Wildman–Crippen LogP) is 4.58. The van der Waals surface area contributed by atoms with Crippen molar-refractivity contribution >= 4 is 5.78 Å². The fourth-order valence-corrected chi connectivity index (χ4v) is 2.89. The molecule has 0 spiro atoms. The van der Waals surface area contributed by atoms with Crippen LogP contribution in [0.3, 0.4) is 0 Å². The molecule has 1 nitrogen and oxygen atoms in total. The van der Waals surface area contributed by atoms with Gasteiger partial charge in [0.1, 0.15) is 5.78 Å². The van der Waals surface area contributed by atoms with Crippen LogP contribution in [0.1, 0.15) is 37.2 Å². The second-order valence-corrected chi connectivity index (χ2v) is 5.32. The molecule has 1 aliphatic rings. The Kier molecular flexibility index (Phi) is 3.45. The van der Waals surface area contributed by atoms with Crippen LogP contribution in [-0.2, 0) is 4.79 Å². The van der Waals surface area contributed by atoms with Gasteiger partial charge < -0.3 is 0 Å². The number of ketones is 1. The van der Waals surface area contributed by atoms with E-state index in [9.17, 15) is 4.79 Å². The van der Waals surface area contributed by atoms with Gasteiger partial charge in [0, 0.05) is 12.8 Å². The second kappa shape index (κ2) is 5.40. The van der Waals surface area contributed by atoms with E-state index in [1.807, 2.05) is 6.07 Å². The van der Waals surface area contributed by atoms with Crippen molar-refractivity contribution in [1.82, 2.24) is 0 Å². The highest BCUT2D eigenvalue weighted by Gasteiger charge is 2.20. The van der Waals surface area contributed by atoms with Crippen molar-refractivity contribution in [2.75, 3.05) is 0 Å². The topological polar surface area (TPSA) is 17.1 Å². The third kappa shape index (κ3) is 2.76. The standard InChI is InChI=1S/C18H18O/c19-18-8-4-7-17(13-18)16-11-9-15(10-12-16)14-5-2-1-3-6-14/h1-3,5-6,9-12,17H,4,7-8,13H2. The molecule has 0 saturated heterocycles. The van der Waals surface area contributed by atoms with E-state index in [1.54, 1.807) is 0 Å². The van der Waals surface area contributed by atoms with E-state index < -0.39 is 0 Å². The van der Waals surface area contributed by atoms with Crippen molar-refractivity contribution in [1.29, 1.82) is 0 Å². The minimum Gasteiger partial charge on any atom is -0.300 e. The molecule has 0 radical (unpaired) electrons. The molecule has 0 bridgehead atoms. The van der Waals surface area contributed by atoms with Crippen molar-refractivity contribution < 1.29 is 4.79 Å². The minimum absolute atomic E-state index is 0.420. The second-order valence-electron chi connectivity index (χ2n) is 5.32. The molecule has 2 aromatic rings. The number of hydrogen-bond donors (Lipinski definition) is 0. The molecule has 0 aromatic heterocycles. The maximum Gasteiger partial charge on any atom is 0.133 e. The van der Waals surface area contributed by atoms with Crippen molar-refractivity contribution in [3.8, 4) is 11.1 Å². The van der Waals surface area contributed by atoms with Gasteiger partial charge >= 0.3 is 0 Å². The van der Waals surface area contributed by atoms with E-state index in [0.717, 1.165) is 25.7 Å². The zero-order valence-corrected chi connectivity index (χ0v) is 11.0. The summed E-state index contributed by atoms with van der Waals surface area (Å²) in [6.45, 7) is 0. The summed E-state index contributed by atoms with van der Waals surface area (Å²) in [5.41, 5.74) is 3.80. The van der Waals surface area contributed by atoms with E-state index in [1.165, 1.54) is 16.7 Å². The quantitative estimate of drug-likeness (QED) is 0.762. The van der Waals surface area contributed by atoms with Gasteiger partial charge in [0.2, 0.25) is 0 Å². The molecule has 1 aliphatic carbocycles. The number of carbonyl (C=O) groups is 1. The number of hydrogen-bond acceptors (Lipinski definition) is 1. The fourth-order valence-electron chi connectivity index (χ4n) is 2.89. The first-order valence-corrected chi connectivity index (χ1v) is 7.00. The zero-order valence-electron chi connectivity index (χ0n) is 11.0. The van der Waals surface area contributed by atoms with Gasteiger partial charge in [-0.05, 0) is 35.4 Å². The average molecular weight is 250 g/mol. The first kappa shape index (κ1) is 12.2. The third-order valence-corrected chi connectivity index (χ3v) is 3.97. The van der Waals surface area contributed by atoms with Crippen LogP contribution in [0.4, 0.5) is 0 Å². The maximum absolute atomic E-state index is 11.5. The fraction of sp³-hybridized carbons (Fsp3) is 0.278. The molecule has 1 atom stereocenters. The normalized spacial score (nSPS) is 19.4. The van der Waals surface area contributed by atoms with Gasteiger partial charge in [-0.2, -0.15) is 0 Å². The summed E-state index contributed by atoms with van der Waals surface area (Å²) in [5, 5.41) is 0. The summed E-state index contributed by atoms with van der Waals surface area (Å²) in [4.78, 5) is 11.5. The molecule has 0 N–H and O–H groups in total. The van der Waals surface area contributed by atoms with Gasteiger partial charge in [0.25, 0.3) is 0 Å². The average Bonchev–Trinajstić information content (AvgIpc) is 2.48. The van der Waals surface area contributed by atoms with E-state index in [0.29, 0.717) is 11.7 Å².